The first kappa shape index (κ1) is 31.8. The van der Waals surface area contributed by atoms with Gasteiger partial charge in [0.2, 0.25) is 5.91 Å². The number of aliphatic hydroxyl groups excluding tert-OH is 1. The fourth-order valence-electron chi connectivity index (χ4n) is 8.98. The molecule has 0 aromatic heterocycles. The van der Waals surface area contributed by atoms with Gasteiger partial charge in [0.25, 0.3) is 0 Å². The van der Waals surface area contributed by atoms with Gasteiger partial charge in [-0.05, 0) is 53.3 Å². The van der Waals surface area contributed by atoms with Crippen molar-refractivity contribution < 1.29 is 23.8 Å². The van der Waals surface area contributed by atoms with E-state index in [4.69, 9.17) is 27.9 Å². The molecule has 0 bridgehead atoms. The number of hydrogen-bond donors (Lipinski definition) is 2. The Kier molecular flexibility index (Phi) is 8.37. The molecule has 1 saturated heterocycles. The van der Waals surface area contributed by atoms with E-state index in [1.165, 1.54) is 13.2 Å². The maximum Gasteiger partial charge on any atom is 0.323 e. The van der Waals surface area contributed by atoms with Crippen molar-refractivity contribution in [3.05, 3.63) is 135 Å². The van der Waals surface area contributed by atoms with E-state index in [0.717, 1.165) is 24.8 Å². The summed E-state index contributed by atoms with van der Waals surface area (Å²) in [5.41, 5.74) is 0.134. The fourth-order valence-corrected chi connectivity index (χ4v) is 9.33. The topological polar surface area (TPSA) is 78.9 Å². The van der Waals surface area contributed by atoms with Gasteiger partial charge in [-0.2, -0.15) is 0 Å². The number of carbonyl (C=O) groups is 2. The van der Waals surface area contributed by atoms with Crippen LogP contribution < -0.4 is 5.32 Å². The molecule has 2 heterocycles. The minimum Gasteiger partial charge on any atom is -0.468 e. The van der Waals surface area contributed by atoms with Crippen molar-refractivity contribution in [2.75, 3.05) is 12.4 Å². The zero-order chi connectivity index (χ0) is 32.9. The molecular formula is C38H35Cl2FN2O4. The van der Waals surface area contributed by atoms with E-state index in [1.807, 2.05) is 71.6 Å². The number of halogens is 3. The Bertz CT molecular complexity index is 1820. The molecule has 47 heavy (non-hydrogen) atoms. The number of nitrogens with zero attached hydrogens (tertiary/aromatic N) is 1. The summed E-state index contributed by atoms with van der Waals surface area (Å²) >= 11 is 12.9. The highest BCUT2D eigenvalue weighted by Crippen LogP contribution is 2.69. The Morgan fingerprint density at radius 1 is 0.936 bits per heavy atom. The maximum absolute atomic E-state index is 16.5. The van der Waals surface area contributed by atoms with Crippen LogP contribution in [-0.2, 0) is 19.7 Å². The molecule has 2 aliphatic heterocycles. The van der Waals surface area contributed by atoms with Crippen LogP contribution in [0.5, 0.6) is 0 Å². The fraction of sp³-hybridized carbons (Fsp3) is 0.316. The Hall–Kier alpha value is -3.75. The minimum atomic E-state index is -1.48. The van der Waals surface area contributed by atoms with Gasteiger partial charge < -0.3 is 15.2 Å². The molecule has 6 nitrogen and oxygen atoms in total. The molecule has 2 fully saturated rings. The molecular weight excluding hydrogens is 638 g/mol. The van der Waals surface area contributed by atoms with E-state index in [-0.39, 0.29) is 16.5 Å². The van der Waals surface area contributed by atoms with Crippen LogP contribution in [0.3, 0.4) is 0 Å². The van der Waals surface area contributed by atoms with Crippen LogP contribution in [0.15, 0.2) is 97.1 Å². The van der Waals surface area contributed by atoms with Crippen molar-refractivity contribution in [1.29, 1.82) is 0 Å². The molecule has 1 amide bonds. The number of rotatable bonds is 6. The second-order valence-corrected chi connectivity index (χ2v) is 13.6. The molecule has 0 unspecified atom stereocenters. The average Bonchev–Trinajstić information content (AvgIpc) is 3.52. The quantitative estimate of drug-likeness (QED) is 0.202. The lowest BCUT2D eigenvalue weighted by molar-refractivity contribution is -0.152. The van der Waals surface area contributed by atoms with Gasteiger partial charge in [-0.3, -0.25) is 14.5 Å². The van der Waals surface area contributed by atoms with Crippen LogP contribution in [0.2, 0.25) is 10.0 Å². The number of hydrogen-bond acceptors (Lipinski definition) is 5. The van der Waals surface area contributed by atoms with Crippen molar-refractivity contribution in [2.24, 2.45) is 0 Å². The van der Waals surface area contributed by atoms with Crippen LogP contribution in [0, 0.1) is 5.82 Å². The first-order chi connectivity index (χ1) is 22.8. The first-order valence-corrected chi connectivity index (χ1v) is 16.7. The highest BCUT2D eigenvalue weighted by molar-refractivity contribution is 6.31. The van der Waals surface area contributed by atoms with Gasteiger partial charge in [-0.1, -0.05) is 121 Å². The van der Waals surface area contributed by atoms with Gasteiger partial charge in [0.1, 0.15) is 17.3 Å². The van der Waals surface area contributed by atoms with Gasteiger partial charge in [0, 0.05) is 22.2 Å². The molecule has 0 radical (unpaired) electrons. The molecule has 9 heteroatoms. The third-order valence-electron chi connectivity index (χ3n) is 10.6. The smallest absolute Gasteiger partial charge is 0.323 e. The number of methoxy groups -OCH3 is 1. The lowest BCUT2D eigenvalue weighted by Crippen LogP contribution is -2.62. The van der Waals surface area contributed by atoms with Crippen LogP contribution in [0.1, 0.15) is 72.4 Å². The number of aliphatic hydroxyl groups is 1. The molecule has 4 aromatic rings. The summed E-state index contributed by atoms with van der Waals surface area (Å²) < 4.78 is 22.1. The van der Waals surface area contributed by atoms with E-state index in [0.29, 0.717) is 34.7 Å². The molecule has 242 valence electrons. The summed E-state index contributed by atoms with van der Waals surface area (Å²) in [6.45, 7) is 0. The average molecular weight is 674 g/mol. The molecule has 5 atom stereocenters. The summed E-state index contributed by atoms with van der Waals surface area (Å²) in [6.07, 6.45) is 2.35. The van der Waals surface area contributed by atoms with Crippen molar-refractivity contribution >= 4 is 40.8 Å². The highest BCUT2D eigenvalue weighted by Gasteiger charge is 2.77. The lowest BCUT2D eigenvalue weighted by atomic mass is 9.55. The van der Waals surface area contributed by atoms with Gasteiger partial charge in [-0.25, -0.2) is 4.39 Å². The van der Waals surface area contributed by atoms with Gasteiger partial charge in [-0.15, -0.1) is 0 Å². The molecule has 2 N–H and O–H groups in total. The van der Waals surface area contributed by atoms with Crippen LogP contribution in [0.4, 0.5) is 10.1 Å². The minimum absolute atomic E-state index is 0.115. The summed E-state index contributed by atoms with van der Waals surface area (Å²) in [6, 6.07) is 26.7. The summed E-state index contributed by atoms with van der Waals surface area (Å²) in [5.74, 6) is -2.76. The molecule has 4 aromatic carbocycles. The first-order valence-electron chi connectivity index (χ1n) is 16.0. The van der Waals surface area contributed by atoms with Crippen LogP contribution in [0.25, 0.3) is 0 Å². The predicted molar refractivity (Wildman–Crippen MR) is 180 cm³/mol. The number of anilines is 1. The van der Waals surface area contributed by atoms with Crippen molar-refractivity contribution in [3.63, 3.8) is 0 Å². The monoisotopic (exact) mass is 672 g/mol. The molecule has 2 spiro atoms. The zero-order valence-corrected chi connectivity index (χ0v) is 27.3. The van der Waals surface area contributed by atoms with Crippen molar-refractivity contribution in [2.45, 2.75) is 67.2 Å². The third-order valence-corrected chi connectivity index (χ3v) is 11.2. The van der Waals surface area contributed by atoms with Crippen LogP contribution >= 0.6 is 23.2 Å². The van der Waals surface area contributed by atoms with Gasteiger partial charge in [0.05, 0.1) is 24.3 Å². The number of carbonyl (C=O) groups excluding carboxylic acids is 2. The third kappa shape index (κ3) is 4.73. The SMILES string of the molecule is COC(=O)[C@H]1[C@H](c2cccc(Cl)c2F)[C@@]2(C(=O)Nc3cc(Cl)ccc32)C2(CCCCC2)N1[C@H](c1ccccc1)[C@H](O)c1ccccc1. The van der Waals surface area contributed by atoms with Crippen LogP contribution in [-0.4, -0.2) is 40.6 Å². The largest absolute Gasteiger partial charge is 0.468 e. The van der Waals surface area contributed by atoms with Crippen molar-refractivity contribution in [1.82, 2.24) is 4.90 Å². The highest BCUT2D eigenvalue weighted by atomic mass is 35.5. The second kappa shape index (κ2) is 12.4. The standard InChI is InChI=1S/C38H35Cl2FN2O4/c1-47-35(45)33-30(26-16-11-17-28(40)31(26)41)38(27-19-18-25(39)22-29(27)42-36(38)46)37(20-9-4-10-21-37)43(33)32(23-12-5-2-6-13-23)34(44)24-14-7-3-8-15-24/h2-3,5-8,11-19,22,30,32-34,44H,4,9-10,20-21H2,1H3,(H,42,46)/t30-,32+,33+,34+,38-/m0/s1. The Morgan fingerprint density at radius 3 is 2.26 bits per heavy atom. The summed E-state index contributed by atoms with van der Waals surface area (Å²) in [5, 5.41) is 15.9. The zero-order valence-electron chi connectivity index (χ0n) is 25.8. The van der Waals surface area contributed by atoms with E-state index < -0.39 is 46.8 Å². The summed E-state index contributed by atoms with van der Waals surface area (Å²) in [4.78, 5) is 31.6. The lowest BCUT2D eigenvalue weighted by Gasteiger charge is -2.53. The number of nitrogens with one attached hydrogen (secondary N) is 1. The molecule has 1 aliphatic carbocycles. The van der Waals surface area contributed by atoms with Gasteiger partial charge in [0.15, 0.2) is 0 Å². The Labute approximate surface area is 283 Å². The van der Waals surface area contributed by atoms with E-state index >= 15 is 9.18 Å². The Morgan fingerprint density at radius 2 is 1.60 bits per heavy atom. The number of amides is 1. The number of ether oxygens (including phenoxy) is 1. The molecule has 3 aliphatic rings. The normalized spacial score (nSPS) is 24.6. The van der Waals surface area contributed by atoms with E-state index in [1.54, 1.807) is 24.3 Å². The number of benzene rings is 4. The second-order valence-electron chi connectivity index (χ2n) is 12.8. The predicted octanol–water partition coefficient (Wildman–Crippen LogP) is 8.14. The number of fused-ring (bicyclic) bond motifs is 3. The van der Waals surface area contributed by atoms with E-state index in [2.05, 4.69) is 5.32 Å². The number of esters is 1. The van der Waals surface area contributed by atoms with Gasteiger partial charge >= 0.3 is 5.97 Å². The maximum atomic E-state index is 16.5. The molecule has 7 rings (SSSR count). The van der Waals surface area contributed by atoms with Crippen molar-refractivity contribution in [3.8, 4) is 0 Å². The number of likely N-dealkylation sites (tertiary alicyclic amines) is 1. The Balaban J connectivity index is 1.62. The molecule has 1 saturated carbocycles. The summed E-state index contributed by atoms with van der Waals surface area (Å²) in [7, 11) is 1.30. The van der Waals surface area contributed by atoms with E-state index in [9.17, 15) is 9.90 Å².